The van der Waals surface area contributed by atoms with E-state index in [1.54, 1.807) is 0 Å². The zero-order chi connectivity index (χ0) is 11.8. The zero-order valence-electron chi connectivity index (χ0n) is 10.0. The van der Waals surface area contributed by atoms with Crippen LogP contribution in [0.3, 0.4) is 0 Å². The number of nitrogens with zero attached hydrogens (tertiary/aromatic N) is 2. The summed E-state index contributed by atoms with van der Waals surface area (Å²) in [6, 6.07) is 2.50. The summed E-state index contributed by atoms with van der Waals surface area (Å²) in [7, 11) is 0. The van der Waals surface area contributed by atoms with Crippen LogP contribution < -0.4 is 5.32 Å². The van der Waals surface area contributed by atoms with Crippen molar-refractivity contribution in [1.29, 1.82) is 5.26 Å². The van der Waals surface area contributed by atoms with E-state index in [0.717, 1.165) is 19.4 Å². The Labute approximate surface area is 97.6 Å². The van der Waals surface area contributed by atoms with Gasteiger partial charge >= 0.3 is 0 Å². The minimum atomic E-state index is 0.103. The van der Waals surface area contributed by atoms with Crippen molar-refractivity contribution >= 4 is 5.91 Å². The van der Waals surface area contributed by atoms with Crippen LogP contribution in [-0.2, 0) is 4.79 Å². The Morgan fingerprint density at radius 1 is 1.50 bits per heavy atom. The second-order valence-corrected chi connectivity index (χ2v) is 4.33. The van der Waals surface area contributed by atoms with Gasteiger partial charge in [-0.15, -0.1) is 0 Å². The second kappa shape index (κ2) is 7.24. The molecule has 0 aliphatic heterocycles. The third-order valence-electron chi connectivity index (χ3n) is 3.07. The summed E-state index contributed by atoms with van der Waals surface area (Å²) in [6.45, 7) is 3.94. The molecule has 1 fully saturated rings. The van der Waals surface area contributed by atoms with Crippen LogP contribution in [0.1, 0.15) is 39.0 Å². The first-order valence-corrected chi connectivity index (χ1v) is 6.15. The van der Waals surface area contributed by atoms with E-state index in [1.807, 2.05) is 11.8 Å². The molecule has 0 atom stereocenters. The fourth-order valence-corrected chi connectivity index (χ4v) is 2.10. The monoisotopic (exact) mass is 223 g/mol. The number of likely N-dealkylation sites (N-methyl/N-ethyl adjacent to an activating group) is 1. The lowest BCUT2D eigenvalue weighted by molar-refractivity contribution is -0.122. The Balaban J connectivity index is 2.22. The van der Waals surface area contributed by atoms with E-state index >= 15 is 0 Å². The van der Waals surface area contributed by atoms with Crippen LogP contribution in [0, 0.1) is 11.3 Å². The van der Waals surface area contributed by atoms with E-state index in [2.05, 4.69) is 11.4 Å². The molecule has 0 saturated heterocycles. The standard InChI is InChI=1S/C12H21N3O/c1-2-15(9-5-8-13)10-12(16)14-11-6-3-4-7-11/h11H,2-7,9-10H2,1H3,(H,14,16). The number of rotatable bonds is 6. The summed E-state index contributed by atoms with van der Waals surface area (Å²) in [6.07, 6.45) is 5.20. The van der Waals surface area contributed by atoms with Gasteiger partial charge in [-0.2, -0.15) is 5.26 Å². The molecular weight excluding hydrogens is 202 g/mol. The van der Waals surface area contributed by atoms with Gasteiger partial charge in [0, 0.05) is 19.0 Å². The minimum Gasteiger partial charge on any atom is -0.352 e. The Bertz CT molecular complexity index is 253. The molecule has 0 bridgehead atoms. The Hall–Kier alpha value is -1.08. The molecule has 0 aromatic rings. The lowest BCUT2D eigenvalue weighted by Gasteiger charge is -2.20. The minimum absolute atomic E-state index is 0.103. The maximum absolute atomic E-state index is 11.7. The topological polar surface area (TPSA) is 56.1 Å². The van der Waals surface area contributed by atoms with Gasteiger partial charge in [-0.3, -0.25) is 9.69 Å². The van der Waals surface area contributed by atoms with Gasteiger partial charge < -0.3 is 5.32 Å². The fourth-order valence-electron chi connectivity index (χ4n) is 2.10. The summed E-state index contributed by atoms with van der Waals surface area (Å²) in [5.41, 5.74) is 0. The Morgan fingerprint density at radius 2 is 2.19 bits per heavy atom. The maximum Gasteiger partial charge on any atom is 0.234 e. The van der Waals surface area contributed by atoms with Crippen molar-refractivity contribution in [3.05, 3.63) is 0 Å². The number of carbonyl (C=O) groups is 1. The van der Waals surface area contributed by atoms with Gasteiger partial charge in [0.2, 0.25) is 5.91 Å². The van der Waals surface area contributed by atoms with Crippen molar-refractivity contribution in [3.8, 4) is 6.07 Å². The van der Waals surface area contributed by atoms with Gasteiger partial charge in [-0.05, 0) is 19.4 Å². The molecule has 4 nitrogen and oxygen atoms in total. The molecule has 4 heteroatoms. The van der Waals surface area contributed by atoms with Crippen LogP contribution in [-0.4, -0.2) is 36.5 Å². The smallest absolute Gasteiger partial charge is 0.234 e. The van der Waals surface area contributed by atoms with Crippen LogP contribution >= 0.6 is 0 Å². The summed E-state index contributed by atoms with van der Waals surface area (Å²) < 4.78 is 0. The van der Waals surface area contributed by atoms with Crippen LogP contribution in [0.2, 0.25) is 0 Å². The molecule has 90 valence electrons. The molecule has 0 unspecified atom stereocenters. The third-order valence-corrected chi connectivity index (χ3v) is 3.07. The molecule has 1 aliphatic rings. The number of nitrogens with one attached hydrogen (secondary N) is 1. The molecule has 0 aromatic carbocycles. The Kier molecular flexibility index (Phi) is 5.87. The highest BCUT2D eigenvalue weighted by Crippen LogP contribution is 2.17. The average molecular weight is 223 g/mol. The summed E-state index contributed by atoms with van der Waals surface area (Å²) >= 11 is 0. The van der Waals surface area contributed by atoms with Gasteiger partial charge in [-0.1, -0.05) is 19.8 Å². The van der Waals surface area contributed by atoms with E-state index in [0.29, 0.717) is 25.6 Å². The van der Waals surface area contributed by atoms with Crippen molar-refractivity contribution in [2.45, 2.75) is 45.1 Å². The predicted octanol–water partition coefficient (Wildman–Crippen LogP) is 1.28. The van der Waals surface area contributed by atoms with Crippen molar-refractivity contribution in [2.75, 3.05) is 19.6 Å². The van der Waals surface area contributed by atoms with Gasteiger partial charge in [-0.25, -0.2) is 0 Å². The Morgan fingerprint density at radius 3 is 2.75 bits per heavy atom. The third kappa shape index (κ3) is 4.63. The number of hydrogen-bond donors (Lipinski definition) is 1. The largest absolute Gasteiger partial charge is 0.352 e. The number of nitriles is 1. The van der Waals surface area contributed by atoms with Crippen molar-refractivity contribution in [1.82, 2.24) is 10.2 Å². The van der Waals surface area contributed by atoms with Gasteiger partial charge in [0.1, 0.15) is 0 Å². The molecule has 1 N–H and O–H groups in total. The van der Waals surface area contributed by atoms with E-state index in [4.69, 9.17) is 5.26 Å². The van der Waals surface area contributed by atoms with Gasteiger partial charge in [0.05, 0.1) is 12.6 Å². The maximum atomic E-state index is 11.7. The van der Waals surface area contributed by atoms with Gasteiger partial charge in [0.25, 0.3) is 0 Å². The first-order chi connectivity index (χ1) is 7.76. The zero-order valence-corrected chi connectivity index (χ0v) is 10.0. The molecule has 0 aromatic heterocycles. The molecule has 1 rings (SSSR count). The molecule has 0 radical (unpaired) electrons. The van der Waals surface area contributed by atoms with E-state index < -0.39 is 0 Å². The van der Waals surface area contributed by atoms with Crippen molar-refractivity contribution in [3.63, 3.8) is 0 Å². The summed E-state index contributed by atoms with van der Waals surface area (Å²) in [5.74, 6) is 0.103. The highest BCUT2D eigenvalue weighted by atomic mass is 16.2. The molecule has 1 saturated carbocycles. The summed E-state index contributed by atoms with van der Waals surface area (Å²) in [5, 5.41) is 11.6. The van der Waals surface area contributed by atoms with E-state index in [-0.39, 0.29) is 5.91 Å². The van der Waals surface area contributed by atoms with E-state index in [9.17, 15) is 4.79 Å². The SMILES string of the molecule is CCN(CCC#N)CC(=O)NC1CCCC1. The highest BCUT2D eigenvalue weighted by molar-refractivity contribution is 5.78. The van der Waals surface area contributed by atoms with Crippen molar-refractivity contribution in [2.24, 2.45) is 0 Å². The lowest BCUT2D eigenvalue weighted by atomic mass is 10.2. The average Bonchev–Trinajstić information content (AvgIpc) is 2.76. The molecule has 1 aliphatic carbocycles. The molecule has 1 amide bonds. The van der Waals surface area contributed by atoms with Crippen LogP contribution in [0.5, 0.6) is 0 Å². The van der Waals surface area contributed by atoms with Crippen LogP contribution in [0.4, 0.5) is 0 Å². The molecule has 16 heavy (non-hydrogen) atoms. The lowest BCUT2D eigenvalue weighted by Crippen LogP contribution is -2.41. The first kappa shape index (κ1) is 13.0. The number of amides is 1. The number of hydrogen-bond acceptors (Lipinski definition) is 3. The summed E-state index contributed by atoms with van der Waals surface area (Å²) in [4.78, 5) is 13.7. The highest BCUT2D eigenvalue weighted by Gasteiger charge is 2.17. The predicted molar refractivity (Wildman–Crippen MR) is 62.7 cm³/mol. The van der Waals surface area contributed by atoms with Crippen LogP contribution in [0.15, 0.2) is 0 Å². The van der Waals surface area contributed by atoms with Crippen LogP contribution in [0.25, 0.3) is 0 Å². The van der Waals surface area contributed by atoms with Crippen molar-refractivity contribution < 1.29 is 4.79 Å². The second-order valence-electron chi connectivity index (χ2n) is 4.33. The fraction of sp³-hybridized carbons (Fsp3) is 0.833. The molecular formula is C12H21N3O. The number of carbonyl (C=O) groups excluding carboxylic acids is 1. The normalized spacial score (nSPS) is 16.3. The first-order valence-electron chi connectivity index (χ1n) is 6.15. The molecule has 0 heterocycles. The quantitative estimate of drug-likeness (QED) is 0.738. The molecule has 0 spiro atoms. The van der Waals surface area contributed by atoms with Gasteiger partial charge in [0.15, 0.2) is 0 Å². The van der Waals surface area contributed by atoms with E-state index in [1.165, 1.54) is 12.8 Å².